The van der Waals surface area contributed by atoms with Crippen LogP contribution in [-0.4, -0.2) is 40.6 Å². The van der Waals surface area contributed by atoms with E-state index in [0.29, 0.717) is 29.0 Å². The van der Waals surface area contributed by atoms with Gasteiger partial charge in [0.2, 0.25) is 5.91 Å². The third-order valence-corrected chi connectivity index (χ3v) is 6.47. The molecule has 7 nitrogen and oxygen atoms in total. The van der Waals surface area contributed by atoms with Crippen LogP contribution in [0, 0.1) is 0 Å². The topological polar surface area (TPSA) is 78.3 Å². The fourth-order valence-corrected chi connectivity index (χ4v) is 4.54. The Labute approximate surface area is 194 Å². The number of rotatable bonds is 9. The number of carbonyl (C=O) groups is 1. The van der Waals surface area contributed by atoms with Gasteiger partial charge in [-0.2, -0.15) is 0 Å². The number of nitrogens with zero attached hydrogens (tertiary/aromatic N) is 3. The first-order chi connectivity index (χ1) is 15.7. The van der Waals surface area contributed by atoms with Gasteiger partial charge in [-0.15, -0.1) is 21.5 Å². The molecule has 164 valence electrons. The van der Waals surface area contributed by atoms with Gasteiger partial charge in [-0.05, 0) is 23.6 Å². The zero-order valence-electron chi connectivity index (χ0n) is 17.6. The normalized spacial score (nSPS) is 10.7. The van der Waals surface area contributed by atoms with Crippen LogP contribution in [0.25, 0.3) is 17.1 Å². The third kappa shape index (κ3) is 4.95. The summed E-state index contributed by atoms with van der Waals surface area (Å²) in [6.45, 7) is 0.523. The highest BCUT2D eigenvalue weighted by atomic mass is 32.2. The zero-order chi connectivity index (χ0) is 22.3. The Balaban J connectivity index is 1.61. The molecule has 0 radical (unpaired) electrons. The van der Waals surface area contributed by atoms with Crippen molar-refractivity contribution < 1.29 is 14.3 Å². The first kappa shape index (κ1) is 21.9. The van der Waals surface area contributed by atoms with E-state index in [0.717, 1.165) is 16.1 Å². The summed E-state index contributed by atoms with van der Waals surface area (Å²) >= 11 is 2.95. The number of hydrogen-bond acceptors (Lipinski definition) is 7. The van der Waals surface area contributed by atoms with Gasteiger partial charge in [0.05, 0.1) is 32.2 Å². The molecule has 1 N–H and O–H groups in total. The highest BCUT2D eigenvalue weighted by Crippen LogP contribution is 2.33. The van der Waals surface area contributed by atoms with Gasteiger partial charge in [0.25, 0.3) is 0 Å². The lowest BCUT2D eigenvalue weighted by Gasteiger charge is -2.13. The number of carbonyl (C=O) groups excluding carboxylic acids is 1. The average Bonchev–Trinajstić information content (AvgIpc) is 3.51. The van der Waals surface area contributed by atoms with Gasteiger partial charge >= 0.3 is 0 Å². The van der Waals surface area contributed by atoms with Gasteiger partial charge < -0.3 is 14.8 Å². The van der Waals surface area contributed by atoms with Gasteiger partial charge in [0.15, 0.2) is 22.5 Å². The van der Waals surface area contributed by atoms with E-state index < -0.39 is 0 Å². The number of benzene rings is 2. The molecule has 32 heavy (non-hydrogen) atoms. The number of methoxy groups -OCH3 is 2. The fraction of sp³-hybridized carbons (Fsp3) is 0.174. The first-order valence-corrected chi connectivity index (χ1v) is 11.7. The van der Waals surface area contributed by atoms with Crippen LogP contribution >= 0.6 is 23.1 Å². The van der Waals surface area contributed by atoms with Crippen LogP contribution in [0.1, 0.15) is 4.88 Å². The molecule has 0 spiro atoms. The molecule has 0 atom stereocenters. The standard InChI is InChI=1S/C23H22N4O3S2/c1-29-19-11-10-17(13-20(19)30-2)27-22(16-7-4-3-5-8-16)25-26-23(27)32-15-21(28)24-14-18-9-6-12-31-18/h3-13H,14-15H2,1-2H3,(H,24,28). The Morgan fingerprint density at radius 2 is 1.84 bits per heavy atom. The van der Waals surface area contributed by atoms with Gasteiger partial charge in [-0.1, -0.05) is 48.2 Å². The Morgan fingerprint density at radius 3 is 2.56 bits per heavy atom. The third-order valence-electron chi connectivity index (χ3n) is 4.66. The lowest BCUT2D eigenvalue weighted by molar-refractivity contribution is -0.118. The molecule has 1 amide bonds. The molecule has 2 aromatic heterocycles. The maximum absolute atomic E-state index is 12.4. The molecule has 0 fully saturated rings. The van der Waals surface area contributed by atoms with Gasteiger partial charge in [-0.3, -0.25) is 9.36 Å². The molecule has 2 aromatic carbocycles. The minimum Gasteiger partial charge on any atom is -0.493 e. The van der Waals surface area contributed by atoms with Gasteiger partial charge in [0, 0.05) is 16.5 Å². The number of ether oxygens (including phenoxy) is 2. The summed E-state index contributed by atoms with van der Waals surface area (Å²) in [5, 5.41) is 14.3. The van der Waals surface area contributed by atoms with E-state index >= 15 is 0 Å². The van der Waals surface area contributed by atoms with Crippen LogP contribution in [0.2, 0.25) is 0 Å². The van der Waals surface area contributed by atoms with E-state index in [2.05, 4.69) is 15.5 Å². The highest BCUT2D eigenvalue weighted by molar-refractivity contribution is 7.99. The van der Waals surface area contributed by atoms with E-state index in [4.69, 9.17) is 9.47 Å². The summed E-state index contributed by atoms with van der Waals surface area (Å²) in [6, 6.07) is 19.4. The zero-order valence-corrected chi connectivity index (χ0v) is 19.3. The molecule has 0 bridgehead atoms. The van der Waals surface area contributed by atoms with Crippen LogP contribution < -0.4 is 14.8 Å². The van der Waals surface area contributed by atoms with Gasteiger partial charge in [0.1, 0.15) is 0 Å². The minimum absolute atomic E-state index is 0.0634. The molecular formula is C23H22N4O3S2. The van der Waals surface area contributed by atoms with Crippen LogP contribution in [0.15, 0.2) is 71.2 Å². The summed E-state index contributed by atoms with van der Waals surface area (Å²) in [6.07, 6.45) is 0. The molecule has 9 heteroatoms. The quantitative estimate of drug-likeness (QED) is 0.368. The average molecular weight is 467 g/mol. The lowest BCUT2D eigenvalue weighted by atomic mass is 10.2. The van der Waals surface area contributed by atoms with Gasteiger partial charge in [-0.25, -0.2) is 0 Å². The van der Waals surface area contributed by atoms with Crippen LogP contribution in [0.3, 0.4) is 0 Å². The van der Waals surface area contributed by atoms with Crippen molar-refractivity contribution in [1.29, 1.82) is 0 Å². The van der Waals surface area contributed by atoms with Crippen LogP contribution in [-0.2, 0) is 11.3 Å². The summed E-state index contributed by atoms with van der Waals surface area (Å²) in [5.74, 6) is 2.08. The summed E-state index contributed by atoms with van der Waals surface area (Å²) in [4.78, 5) is 13.5. The monoisotopic (exact) mass is 466 g/mol. The summed E-state index contributed by atoms with van der Waals surface area (Å²) in [7, 11) is 3.20. The van der Waals surface area contributed by atoms with Crippen molar-refractivity contribution >= 4 is 29.0 Å². The molecular weight excluding hydrogens is 444 g/mol. The van der Waals surface area contributed by atoms with Crippen molar-refractivity contribution in [2.24, 2.45) is 0 Å². The predicted octanol–water partition coefficient (Wildman–Crippen LogP) is 4.42. The van der Waals surface area contributed by atoms with Crippen LogP contribution in [0.4, 0.5) is 0 Å². The molecule has 0 aliphatic carbocycles. The van der Waals surface area contributed by atoms with Crippen molar-refractivity contribution in [3.63, 3.8) is 0 Å². The molecule has 4 rings (SSSR count). The molecule has 0 saturated heterocycles. The number of nitrogens with one attached hydrogen (secondary N) is 1. The Kier molecular flexibility index (Phi) is 7.08. The van der Waals surface area contributed by atoms with E-state index in [1.807, 2.05) is 70.6 Å². The van der Waals surface area contributed by atoms with Crippen LogP contribution in [0.5, 0.6) is 11.5 Å². The number of amides is 1. The van der Waals surface area contributed by atoms with E-state index in [1.54, 1.807) is 25.6 Å². The number of hydrogen-bond donors (Lipinski definition) is 1. The minimum atomic E-state index is -0.0634. The Morgan fingerprint density at radius 1 is 1.03 bits per heavy atom. The lowest BCUT2D eigenvalue weighted by Crippen LogP contribution is -2.24. The molecule has 4 aromatic rings. The maximum Gasteiger partial charge on any atom is 0.230 e. The van der Waals surface area contributed by atoms with Crippen molar-refractivity contribution in [3.8, 4) is 28.6 Å². The highest BCUT2D eigenvalue weighted by Gasteiger charge is 2.18. The van der Waals surface area contributed by atoms with Crippen molar-refractivity contribution in [3.05, 3.63) is 70.9 Å². The van der Waals surface area contributed by atoms with Crippen molar-refractivity contribution in [2.45, 2.75) is 11.7 Å². The second-order valence-corrected chi connectivity index (χ2v) is 8.67. The predicted molar refractivity (Wildman–Crippen MR) is 127 cm³/mol. The maximum atomic E-state index is 12.4. The Bertz CT molecular complexity index is 1180. The second kappa shape index (κ2) is 10.3. The molecule has 2 heterocycles. The fourth-order valence-electron chi connectivity index (χ4n) is 3.11. The van der Waals surface area contributed by atoms with Crippen molar-refractivity contribution in [1.82, 2.24) is 20.1 Å². The number of aromatic nitrogens is 3. The number of thiophene rings is 1. The molecule has 0 saturated carbocycles. The largest absolute Gasteiger partial charge is 0.493 e. The SMILES string of the molecule is COc1ccc(-n2c(SCC(=O)NCc3cccs3)nnc2-c2ccccc2)cc1OC. The molecule has 0 aliphatic heterocycles. The van der Waals surface area contributed by atoms with E-state index in [-0.39, 0.29) is 11.7 Å². The van der Waals surface area contributed by atoms with Crippen molar-refractivity contribution in [2.75, 3.05) is 20.0 Å². The number of thioether (sulfide) groups is 1. The first-order valence-electron chi connectivity index (χ1n) is 9.84. The smallest absolute Gasteiger partial charge is 0.230 e. The molecule has 0 aliphatic rings. The Hall–Kier alpha value is -3.30. The summed E-state index contributed by atoms with van der Waals surface area (Å²) < 4.78 is 12.8. The summed E-state index contributed by atoms with van der Waals surface area (Å²) in [5.41, 5.74) is 1.73. The second-order valence-electron chi connectivity index (χ2n) is 6.69. The van der Waals surface area contributed by atoms with E-state index in [9.17, 15) is 4.79 Å². The van der Waals surface area contributed by atoms with E-state index in [1.165, 1.54) is 11.8 Å². The molecule has 0 unspecified atom stereocenters.